The third-order valence-corrected chi connectivity index (χ3v) is 6.33. The van der Waals surface area contributed by atoms with Crippen molar-refractivity contribution in [1.82, 2.24) is 4.31 Å². The van der Waals surface area contributed by atoms with Crippen molar-refractivity contribution in [3.05, 3.63) is 29.8 Å². The van der Waals surface area contributed by atoms with E-state index in [0.717, 1.165) is 30.7 Å². The standard InChI is InChI=1S/C13H17NO2S/c1-10-3-5-12(6-4-10)17(15,16)14(2)13-7-11(8-13)9-13/h3-6,11H,7-9H2,1-2H3. The van der Waals surface area contributed by atoms with E-state index in [9.17, 15) is 8.42 Å². The van der Waals surface area contributed by atoms with E-state index < -0.39 is 10.0 Å². The SMILES string of the molecule is Cc1ccc(S(=O)(=O)N(C)C23CC(C2)C3)cc1. The van der Waals surface area contributed by atoms with Crippen LogP contribution >= 0.6 is 0 Å². The average molecular weight is 251 g/mol. The molecular weight excluding hydrogens is 234 g/mol. The van der Waals surface area contributed by atoms with Crippen LogP contribution in [0.1, 0.15) is 24.8 Å². The van der Waals surface area contributed by atoms with Crippen LogP contribution in [0.25, 0.3) is 0 Å². The molecule has 3 nitrogen and oxygen atoms in total. The van der Waals surface area contributed by atoms with E-state index in [4.69, 9.17) is 0 Å². The highest BCUT2D eigenvalue weighted by atomic mass is 32.2. The highest BCUT2D eigenvalue weighted by Crippen LogP contribution is 2.61. The predicted octanol–water partition coefficient (Wildman–Crippen LogP) is 2.17. The van der Waals surface area contributed by atoms with Gasteiger partial charge >= 0.3 is 0 Å². The van der Waals surface area contributed by atoms with Crippen LogP contribution in [0, 0.1) is 12.8 Å². The quantitative estimate of drug-likeness (QED) is 0.825. The summed E-state index contributed by atoms with van der Waals surface area (Å²) in [6.45, 7) is 1.96. The molecule has 0 aliphatic heterocycles. The molecular formula is C13H17NO2S. The number of hydrogen-bond acceptors (Lipinski definition) is 2. The first-order valence-electron chi connectivity index (χ1n) is 6.00. The van der Waals surface area contributed by atoms with E-state index in [0.29, 0.717) is 4.90 Å². The lowest BCUT2D eigenvalue weighted by atomic mass is 9.50. The zero-order valence-corrected chi connectivity index (χ0v) is 11.0. The zero-order valence-electron chi connectivity index (χ0n) is 10.2. The molecule has 3 aliphatic carbocycles. The fraction of sp³-hybridized carbons (Fsp3) is 0.538. The van der Waals surface area contributed by atoms with E-state index in [2.05, 4.69) is 0 Å². The third-order valence-electron chi connectivity index (χ3n) is 4.35. The van der Waals surface area contributed by atoms with Gasteiger partial charge in [0.2, 0.25) is 10.0 Å². The van der Waals surface area contributed by atoms with Crippen LogP contribution in [0.4, 0.5) is 0 Å². The third kappa shape index (κ3) is 1.47. The number of sulfonamides is 1. The van der Waals surface area contributed by atoms with Crippen molar-refractivity contribution in [2.45, 2.75) is 36.6 Å². The summed E-state index contributed by atoms with van der Waals surface area (Å²) in [6.07, 6.45) is 3.15. The van der Waals surface area contributed by atoms with E-state index in [1.165, 1.54) is 0 Å². The van der Waals surface area contributed by atoms with Crippen LogP contribution in [-0.4, -0.2) is 25.3 Å². The molecule has 0 radical (unpaired) electrons. The van der Waals surface area contributed by atoms with E-state index in [-0.39, 0.29) is 5.54 Å². The molecule has 2 bridgehead atoms. The predicted molar refractivity (Wildman–Crippen MR) is 66.2 cm³/mol. The van der Waals surface area contributed by atoms with Crippen molar-refractivity contribution in [1.29, 1.82) is 0 Å². The second-order valence-electron chi connectivity index (χ2n) is 5.49. The van der Waals surface area contributed by atoms with Gasteiger partial charge in [0.05, 0.1) is 4.90 Å². The summed E-state index contributed by atoms with van der Waals surface area (Å²) < 4.78 is 26.5. The molecule has 0 N–H and O–H groups in total. The van der Waals surface area contributed by atoms with Gasteiger partial charge in [0.25, 0.3) is 0 Å². The van der Waals surface area contributed by atoms with Crippen LogP contribution in [0.15, 0.2) is 29.2 Å². The zero-order chi connectivity index (χ0) is 12.3. The van der Waals surface area contributed by atoms with Gasteiger partial charge in [-0.05, 0) is 44.2 Å². The number of nitrogens with zero attached hydrogens (tertiary/aromatic N) is 1. The van der Waals surface area contributed by atoms with Crippen molar-refractivity contribution in [2.24, 2.45) is 5.92 Å². The van der Waals surface area contributed by atoms with E-state index >= 15 is 0 Å². The molecule has 0 unspecified atom stereocenters. The molecule has 3 saturated carbocycles. The summed E-state index contributed by atoms with van der Waals surface area (Å²) in [7, 11) is -1.58. The first kappa shape index (κ1) is 11.2. The molecule has 4 rings (SSSR count). The number of aryl methyl sites for hydroxylation is 1. The molecule has 1 aromatic carbocycles. The fourth-order valence-corrected chi connectivity index (χ4v) is 4.47. The molecule has 3 fully saturated rings. The van der Waals surface area contributed by atoms with Gasteiger partial charge in [0, 0.05) is 12.6 Å². The molecule has 92 valence electrons. The summed E-state index contributed by atoms with van der Waals surface area (Å²) in [5.41, 5.74) is 1.03. The largest absolute Gasteiger partial charge is 0.243 e. The Morgan fingerprint density at radius 1 is 1.18 bits per heavy atom. The maximum Gasteiger partial charge on any atom is 0.243 e. The van der Waals surface area contributed by atoms with Crippen LogP contribution in [-0.2, 0) is 10.0 Å². The summed E-state index contributed by atoms with van der Waals surface area (Å²) in [6, 6.07) is 7.10. The molecule has 1 aromatic rings. The van der Waals surface area contributed by atoms with Gasteiger partial charge in [-0.2, -0.15) is 4.31 Å². The second kappa shape index (κ2) is 3.33. The van der Waals surface area contributed by atoms with Crippen molar-refractivity contribution >= 4 is 10.0 Å². The summed E-state index contributed by atoms with van der Waals surface area (Å²) >= 11 is 0. The Labute approximate surface area is 102 Å². The van der Waals surface area contributed by atoms with Crippen molar-refractivity contribution in [3.63, 3.8) is 0 Å². The van der Waals surface area contributed by atoms with Crippen LogP contribution < -0.4 is 0 Å². The average Bonchev–Trinajstić information content (AvgIpc) is 2.13. The minimum Gasteiger partial charge on any atom is -0.207 e. The lowest BCUT2D eigenvalue weighted by Crippen LogP contribution is -2.68. The van der Waals surface area contributed by atoms with Gasteiger partial charge in [0.15, 0.2) is 0 Å². The first-order chi connectivity index (χ1) is 7.94. The van der Waals surface area contributed by atoms with Crippen LogP contribution in [0.5, 0.6) is 0 Å². The van der Waals surface area contributed by atoms with Crippen LogP contribution in [0.3, 0.4) is 0 Å². The van der Waals surface area contributed by atoms with Gasteiger partial charge < -0.3 is 0 Å². The molecule has 0 heterocycles. The molecule has 0 saturated heterocycles. The maximum absolute atomic E-state index is 12.4. The summed E-state index contributed by atoms with van der Waals surface area (Å²) in [5.74, 6) is 0.783. The van der Waals surface area contributed by atoms with Crippen LogP contribution in [0.2, 0.25) is 0 Å². The van der Waals surface area contributed by atoms with E-state index in [1.807, 2.05) is 19.1 Å². The lowest BCUT2D eigenvalue weighted by Gasteiger charge is -2.64. The Bertz CT molecular complexity index is 530. The van der Waals surface area contributed by atoms with Crippen molar-refractivity contribution in [2.75, 3.05) is 7.05 Å². The Kier molecular flexibility index (Phi) is 2.20. The normalized spacial score (nSPS) is 30.9. The molecule has 4 heteroatoms. The summed E-state index contributed by atoms with van der Waals surface area (Å²) in [5, 5.41) is 0. The Balaban J connectivity index is 1.92. The molecule has 0 amide bonds. The van der Waals surface area contributed by atoms with Crippen molar-refractivity contribution < 1.29 is 8.42 Å². The molecule has 17 heavy (non-hydrogen) atoms. The smallest absolute Gasteiger partial charge is 0.207 e. The molecule has 0 atom stereocenters. The van der Waals surface area contributed by atoms with Crippen molar-refractivity contribution in [3.8, 4) is 0 Å². The second-order valence-corrected chi connectivity index (χ2v) is 7.46. The first-order valence-corrected chi connectivity index (χ1v) is 7.44. The fourth-order valence-electron chi connectivity index (χ4n) is 2.94. The minimum atomic E-state index is -3.30. The van der Waals surface area contributed by atoms with Gasteiger partial charge in [-0.1, -0.05) is 17.7 Å². The number of benzene rings is 1. The molecule has 3 aliphatic rings. The molecule has 0 aromatic heterocycles. The van der Waals surface area contributed by atoms with Gasteiger partial charge in [-0.15, -0.1) is 0 Å². The summed E-state index contributed by atoms with van der Waals surface area (Å²) in [4.78, 5) is 0.412. The maximum atomic E-state index is 12.4. The monoisotopic (exact) mass is 251 g/mol. The Morgan fingerprint density at radius 3 is 2.12 bits per heavy atom. The van der Waals surface area contributed by atoms with Gasteiger partial charge in [-0.25, -0.2) is 8.42 Å². The minimum absolute atomic E-state index is 0.0472. The topological polar surface area (TPSA) is 37.4 Å². The van der Waals surface area contributed by atoms with Gasteiger partial charge in [-0.3, -0.25) is 0 Å². The Hall–Kier alpha value is -0.870. The molecule has 0 spiro atoms. The number of rotatable bonds is 3. The van der Waals surface area contributed by atoms with Gasteiger partial charge in [0.1, 0.15) is 0 Å². The number of hydrogen-bond donors (Lipinski definition) is 0. The van der Waals surface area contributed by atoms with E-state index in [1.54, 1.807) is 23.5 Å². The lowest BCUT2D eigenvalue weighted by molar-refractivity contribution is -0.0952. The highest BCUT2D eigenvalue weighted by Gasteiger charge is 2.61. The Morgan fingerprint density at radius 2 is 1.71 bits per heavy atom. The highest BCUT2D eigenvalue weighted by molar-refractivity contribution is 7.89.